The van der Waals surface area contributed by atoms with Crippen molar-refractivity contribution < 1.29 is 27.8 Å². The van der Waals surface area contributed by atoms with E-state index in [-0.39, 0.29) is 24.4 Å². The molecule has 0 saturated heterocycles. The molecule has 0 fully saturated rings. The predicted molar refractivity (Wildman–Crippen MR) is 109 cm³/mol. The number of rotatable bonds is 8. The topological polar surface area (TPSA) is 95.3 Å². The number of methoxy groups -OCH3 is 1. The molecule has 1 N–H and O–H groups in total. The quantitative estimate of drug-likeness (QED) is 0.435. The average molecular weight is 432 g/mol. The smallest absolute Gasteiger partial charge is 0.340 e. The van der Waals surface area contributed by atoms with E-state index in [4.69, 9.17) is 9.47 Å². The number of hydrogen-bond donors (Lipinski definition) is 1. The third kappa shape index (κ3) is 4.85. The minimum Gasteiger partial charge on any atom is -0.465 e. The van der Waals surface area contributed by atoms with Crippen LogP contribution >= 0.6 is 0 Å². The minimum absolute atomic E-state index is 0.0329. The number of alkyl halides is 2. The molecule has 164 valence electrons. The summed E-state index contributed by atoms with van der Waals surface area (Å²) in [6.45, 7) is 1.16. The fourth-order valence-corrected chi connectivity index (χ4v) is 3.13. The molecule has 3 rings (SSSR count). The molecule has 0 aliphatic heterocycles. The van der Waals surface area contributed by atoms with Gasteiger partial charge in [0.05, 0.1) is 31.0 Å². The third-order valence-electron chi connectivity index (χ3n) is 4.78. The minimum atomic E-state index is -2.57. The lowest BCUT2D eigenvalue weighted by Gasteiger charge is -2.12. The maximum absolute atomic E-state index is 12.7. The van der Waals surface area contributed by atoms with Crippen molar-refractivity contribution in [1.29, 1.82) is 0 Å². The standard InChI is InChI=1S/C21H22F2N4O4/c1-12-16(10-25-27(12)2)15-9-17(20(28)24-7-8-31-11-18(22)23)26-19-13(15)5-4-6-14(19)21(29)30-3/h4-6,9-10,18H,7-8,11H2,1-3H3,(H,24,28). The Morgan fingerprint density at radius 2 is 2.03 bits per heavy atom. The Morgan fingerprint density at radius 1 is 1.26 bits per heavy atom. The number of halogens is 2. The van der Waals surface area contributed by atoms with E-state index in [0.717, 1.165) is 11.3 Å². The largest absolute Gasteiger partial charge is 0.465 e. The molecule has 0 aliphatic rings. The number of esters is 1. The summed E-state index contributed by atoms with van der Waals surface area (Å²) in [5.74, 6) is -1.10. The van der Waals surface area contributed by atoms with Crippen LogP contribution in [0.25, 0.3) is 22.0 Å². The van der Waals surface area contributed by atoms with Crippen LogP contribution in [0.1, 0.15) is 26.5 Å². The van der Waals surface area contributed by atoms with Crippen molar-refractivity contribution in [3.05, 3.63) is 47.4 Å². The zero-order valence-electron chi connectivity index (χ0n) is 17.3. The molecular formula is C21H22F2N4O4. The predicted octanol–water partition coefficient (Wildman–Crippen LogP) is 2.74. The summed E-state index contributed by atoms with van der Waals surface area (Å²) in [5, 5.41) is 7.51. The van der Waals surface area contributed by atoms with Gasteiger partial charge in [-0.2, -0.15) is 5.10 Å². The van der Waals surface area contributed by atoms with E-state index < -0.39 is 24.9 Å². The molecule has 0 saturated carbocycles. The van der Waals surface area contributed by atoms with Crippen LogP contribution in [-0.4, -0.2) is 59.9 Å². The van der Waals surface area contributed by atoms with Crippen LogP contribution in [0.3, 0.4) is 0 Å². The highest BCUT2D eigenvalue weighted by atomic mass is 19.3. The van der Waals surface area contributed by atoms with Gasteiger partial charge in [-0.3, -0.25) is 9.48 Å². The number of aromatic nitrogens is 3. The highest BCUT2D eigenvalue weighted by Crippen LogP contribution is 2.32. The number of carbonyl (C=O) groups is 2. The summed E-state index contributed by atoms with van der Waals surface area (Å²) in [5.41, 5.74) is 2.93. The van der Waals surface area contributed by atoms with E-state index in [0.29, 0.717) is 16.5 Å². The van der Waals surface area contributed by atoms with Crippen molar-refractivity contribution in [2.75, 3.05) is 26.9 Å². The van der Waals surface area contributed by atoms with Gasteiger partial charge in [0, 0.05) is 30.2 Å². The van der Waals surface area contributed by atoms with Gasteiger partial charge in [0.2, 0.25) is 0 Å². The molecule has 8 nitrogen and oxygen atoms in total. The second-order valence-electron chi connectivity index (χ2n) is 6.74. The Labute approximate surface area is 177 Å². The van der Waals surface area contributed by atoms with E-state index in [1.54, 1.807) is 42.2 Å². The lowest BCUT2D eigenvalue weighted by atomic mass is 9.98. The fourth-order valence-electron chi connectivity index (χ4n) is 3.13. The number of nitrogens with one attached hydrogen (secondary N) is 1. The van der Waals surface area contributed by atoms with Crippen molar-refractivity contribution in [3.8, 4) is 11.1 Å². The van der Waals surface area contributed by atoms with Crippen LogP contribution in [0.4, 0.5) is 8.78 Å². The summed E-state index contributed by atoms with van der Waals surface area (Å²) < 4.78 is 35.6. The number of fused-ring (bicyclic) bond motifs is 1. The number of ether oxygens (including phenoxy) is 2. The van der Waals surface area contributed by atoms with Crippen molar-refractivity contribution in [1.82, 2.24) is 20.1 Å². The molecule has 10 heteroatoms. The number of para-hydroxylation sites is 1. The number of hydrogen-bond acceptors (Lipinski definition) is 6. The molecule has 0 atom stereocenters. The van der Waals surface area contributed by atoms with Gasteiger partial charge < -0.3 is 14.8 Å². The summed E-state index contributed by atoms with van der Waals surface area (Å²) in [7, 11) is 3.07. The average Bonchev–Trinajstić information content (AvgIpc) is 3.09. The van der Waals surface area contributed by atoms with Crippen molar-refractivity contribution in [3.63, 3.8) is 0 Å². The van der Waals surface area contributed by atoms with Gasteiger partial charge in [0.25, 0.3) is 12.3 Å². The van der Waals surface area contributed by atoms with Crippen molar-refractivity contribution in [2.24, 2.45) is 7.05 Å². The van der Waals surface area contributed by atoms with E-state index in [1.807, 2.05) is 6.92 Å². The number of nitrogens with zero attached hydrogens (tertiary/aromatic N) is 3. The van der Waals surface area contributed by atoms with Gasteiger partial charge in [-0.25, -0.2) is 18.6 Å². The SMILES string of the molecule is COC(=O)c1cccc2c(-c3cnn(C)c3C)cc(C(=O)NCCOCC(F)F)nc12. The molecule has 1 aromatic carbocycles. The second-order valence-corrected chi connectivity index (χ2v) is 6.74. The molecular weight excluding hydrogens is 410 g/mol. The monoisotopic (exact) mass is 432 g/mol. The number of pyridine rings is 1. The zero-order chi connectivity index (χ0) is 22.5. The van der Waals surface area contributed by atoms with Gasteiger partial charge in [0.15, 0.2) is 0 Å². The highest BCUT2D eigenvalue weighted by Gasteiger charge is 2.20. The molecule has 2 heterocycles. The first-order chi connectivity index (χ1) is 14.8. The molecule has 0 spiro atoms. The Morgan fingerprint density at radius 3 is 2.68 bits per heavy atom. The summed E-state index contributed by atoms with van der Waals surface area (Å²) >= 11 is 0. The first-order valence-corrected chi connectivity index (χ1v) is 9.48. The van der Waals surface area contributed by atoms with Gasteiger partial charge in [-0.15, -0.1) is 0 Å². The molecule has 1 amide bonds. The van der Waals surface area contributed by atoms with Crippen LogP contribution in [0.2, 0.25) is 0 Å². The number of aryl methyl sites for hydroxylation is 1. The lowest BCUT2D eigenvalue weighted by Crippen LogP contribution is -2.28. The van der Waals surface area contributed by atoms with Crippen molar-refractivity contribution in [2.45, 2.75) is 13.3 Å². The number of benzene rings is 1. The van der Waals surface area contributed by atoms with Crippen LogP contribution < -0.4 is 5.32 Å². The Bertz CT molecular complexity index is 1110. The zero-order valence-corrected chi connectivity index (χ0v) is 17.3. The molecule has 0 radical (unpaired) electrons. The molecule has 0 bridgehead atoms. The Balaban J connectivity index is 2.03. The number of carbonyl (C=O) groups excluding carboxylic acids is 2. The highest BCUT2D eigenvalue weighted by molar-refractivity contribution is 6.09. The summed E-state index contributed by atoms with van der Waals surface area (Å²) in [6, 6.07) is 6.70. The first-order valence-electron chi connectivity index (χ1n) is 9.48. The normalized spacial score (nSPS) is 11.2. The Hall–Kier alpha value is -3.40. The lowest BCUT2D eigenvalue weighted by molar-refractivity contribution is 0.0188. The van der Waals surface area contributed by atoms with Gasteiger partial charge in [-0.1, -0.05) is 12.1 Å². The van der Waals surface area contributed by atoms with Crippen LogP contribution in [0, 0.1) is 6.92 Å². The maximum atomic E-state index is 12.7. The first kappa shape index (κ1) is 22.3. The van der Waals surface area contributed by atoms with Crippen LogP contribution in [0.5, 0.6) is 0 Å². The molecule has 3 aromatic rings. The van der Waals surface area contributed by atoms with E-state index >= 15 is 0 Å². The van der Waals surface area contributed by atoms with Crippen molar-refractivity contribution >= 4 is 22.8 Å². The molecule has 0 unspecified atom stereocenters. The van der Waals surface area contributed by atoms with Crippen LogP contribution in [-0.2, 0) is 16.5 Å². The van der Waals surface area contributed by atoms with E-state index in [1.165, 1.54) is 7.11 Å². The second kappa shape index (κ2) is 9.61. The van der Waals surface area contributed by atoms with Gasteiger partial charge in [0.1, 0.15) is 12.3 Å². The third-order valence-corrected chi connectivity index (χ3v) is 4.78. The van der Waals surface area contributed by atoms with Gasteiger partial charge >= 0.3 is 5.97 Å². The maximum Gasteiger partial charge on any atom is 0.340 e. The summed E-state index contributed by atoms with van der Waals surface area (Å²) in [4.78, 5) is 29.4. The molecule has 2 aromatic heterocycles. The Kier molecular flexibility index (Phi) is 6.91. The molecule has 0 aliphatic carbocycles. The summed E-state index contributed by atoms with van der Waals surface area (Å²) in [6.07, 6.45) is -0.894. The van der Waals surface area contributed by atoms with E-state index in [2.05, 4.69) is 15.4 Å². The van der Waals surface area contributed by atoms with E-state index in [9.17, 15) is 18.4 Å². The van der Waals surface area contributed by atoms with Gasteiger partial charge in [-0.05, 0) is 24.6 Å². The number of amides is 1. The van der Waals surface area contributed by atoms with Crippen LogP contribution in [0.15, 0.2) is 30.5 Å². The molecule has 31 heavy (non-hydrogen) atoms. The fraction of sp³-hybridized carbons (Fsp3) is 0.333.